The molecule has 0 fully saturated rings. The molecule has 20 heavy (non-hydrogen) atoms. The molecule has 1 aromatic heterocycles. The molecule has 1 rings (SSSR count). The molecule has 9 heteroatoms. The van der Waals surface area contributed by atoms with Crippen LogP contribution in [0.25, 0.3) is 0 Å². The van der Waals surface area contributed by atoms with E-state index in [1.165, 1.54) is 12.4 Å². The van der Waals surface area contributed by atoms with Crippen LogP contribution in [-0.4, -0.2) is 49.7 Å². The van der Waals surface area contributed by atoms with Crippen molar-refractivity contribution in [2.75, 3.05) is 25.2 Å². The van der Waals surface area contributed by atoms with Crippen molar-refractivity contribution in [2.24, 2.45) is 0 Å². The van der Waals surface area contributed by atoms with Gasteiger partial charge in [0, 0.05) is 19.1 Å². The van der Waals surface area contributed by atoms with Crippen molar-refractivity contribution in [3.8, 4) is 0 Å². The summed E-state index contributed by atoms with van der Waals surface area (Å²) in [6, 6.07) is 0. The minimum Gasteiger partial charge on any atom is -0.372 e. The summed E-state index contributed by atoms with van der Waals surface area (Å²) in [5.74, 6) is 0.143. The quantitative estimate of drug-likeness (QED) is 0.657. The van der Waals surface area contributed by atoms with E-state index in [2.05, 4.69) is 25.3 Å². The number of carbonyl (C=O) groups excluding carboxylic acids is 1. The third kappa shape index (κ3) is 5.49. The van der Waals surface area contributed by atoms with Gasteiger partial charge in [-0.15, -0.1) is 0 Å². The summed E-state index contributed by atoms with van der Waals surface area (Å²) in [5.41, 5.74) is -0.624. The topological polar surface area (TPSA) is 113 Å². The number of hydrogen-bond acceptors (Lipinski definition) is 6. The minimum absolute atomic E-state index is 0.133. The highest BCUT2D eigenvalue weighted by molar-refractivity contribution is 7.88. The minimum atomic E-state index is -3.34. The Hall–Kier alpha value is -1.74. The van der Waals surface area contributed by atoms with Crippen molar-refractivity contribution in [3.63, 3.8) is 0 Å². The maximum absolute atomic E-state index is 11.8. The SMILES string of the molecule is CNc1cnc(C(=O)NCC(C)(C)NS(C)(=O)=O)cn1. The summed E-state index contributed by atoms with van der Waals surface area (Å²) < 4.78 is 24.8. The first-order chi connectivity index (χ1) is 9.13. The second-order valence-electron chi connectivity index (χ2n) is 4.98. The van der Waals surface area contributed by atoms with Crippen LogP contribution in [-0.2, 0) is 10.0 Å². The molecule has 8 nitrogen and oxygen atoms in total. The van der Waals surface area contributed by atoms with Crippen molar-refractivity contribution in [3.05, 3.63) is 18.1 Å². The summed E-state index contributed by atoms with van der Waals surface area (Å²) in [4.78, 5) is 19.8. The second kappa shape index (κ2) is 6.14. The van der Waals surface area contributed by atoms with Crippen LogP contribution in [0.2, 0.25) is 0 Å². The van der Waals surface area contributed by atoms with Gasteiger partial charge >= 0.3 is 0 Å². The van der Waals surface area contributed by atoms with Gasteiger partial charge in [-0.3, -0.25) is 4.79 Å². The van der Waals surface area contributed by atoms with Crippen LogP contribution in [0.4, 0.5) is 5.82 Å². The van der Waals surface area contributed by atoms with Crippen molar-refractivity contribution >= 4 is 21.7 Å². The van der Waals surface area contributed by atoms with Crippen molar-refractivity contribution in [2.45, 2.75) is 19.4 Å². The predicted octanol–water partition coefficient (Wildman–Crippen LogP) is -0.424. The lowest BCUT2D eigenvalue weighted by Gasteiger charge is -2.25. The van der Waals surface area contributed by atoms with Crippen LogP contribution in [0, 0.1) is 0 Å². The summed E-state index contributed by atoms with van der Waals surface area (Å²) in [5, 5.41) is 5.40. The molecule has 0 saturated carbocycles. The molecule has 1 heterocycles. The number of aromatic nitrogens is 2. The van der Waals surface area contributed by atoms with Crippen molar-refractivity contribution < 1.29 is 13.2 Å². The van der Waals surface area contributed by atoms with Crippen LogP contribution in [0.3, 0.4) is 0 Å². The van der Waals surface area contributed by atoms with Gasteiger partial charge in [-0.25, -0.2) is 23.1 Å². The highest BCUT2D eigenvalue weighted by atomic mass is 32.2. The van der Waals surface area contributed by atoms with E-state index in [1.54, 1.807) is 20.9 Å². The molecular weight excluding hydrogens is 282 g/mol. The Morgan fingerprint density at radius 1 is 1.30 bits per heavy atom. The van der Waals surface area contributed by atoms with E-state index in [-0.39, 0.29) is 12.2 Å². The molecule has 0 aliphatic heterocycles. The van der Waals surface area contributed by atoms with Crippen LogP contribution in [0.15, 0.2) is 12.4 Å². The zero-order chi connectivity index (χ0) is 15.4. The van der Waals surface area contributed by atoms with E-state index in [0.717, 1.165) is 6.26 Å². The maximum atomic E-state index is 11.8. The Bertz CT molecular complexity index is 568. The first-order valence-corrected chi connectivity index (χ1v) is 7.79. The Kier molecular flexibility index (Phi) is 5.01. The first kappa shape index (κ1) is 16.3. The van der Waals surface area contributed by atoms with Gasteiger partial charge in [0.1, 0.15) is 11.5 Å². The number of rotatable bonds is 6. The van der Waals surface area contributed by atoms with E-state index in [1.807, 2.05) is 0 Å². The molecule has 0 aromatic carbocycles. The molecule has 1 amide bonds. The van der Waals surface area contributed by atoms with Crippen LogP contribution in [0.1, 0.15) is 24.3 Å². The van der Waals surface area contributed by atoms with Gasteiger partial charge in [0.15, 0.2) is 0 Å². The number of nitrogens with zero attached hydrogens (tertiary/aromatic N) is 2. The fraction of sp³-hybridized carbons (Fsp3) is 0.545. The third-order valence-electron chi connectivity index (χ3n) is 2.29. The largest absolute Gasteiger partial charge is 0.372 e. The number of anilines is 1. The van der Waals surface area contributed by atoms with Gasteiger partial charge in [0.05, 0.1) is 18.6 Å². The zero-order valence-electron chi connectivity index (χ0n) is 11.9. The van der Waals surface area contributed by atoms with E-state index in [9.17, 15) is 13.2 Å². The molecular formula is C11H19N5O3S. The van der Waals surface area contributed by atoms with Gasteiger partial charge in [-0.05, 0) is 13.8 Å². The van der Waals surface area contributed by atoms with E-state index in [0.29, 0.717) is 5.82 Å². The van der Waals surface area contributed by atoms with E-state index >= 15 is 0 Å². The monoisotopic (exact) mass is 301 g/mol. The van der Waals surface area contributed by atoms with Crippen molar-refractivity contribution in [1.29, 1.82) is 0 Å². The second-order valence-corrected chi connectivity index (χ2v) is 6.73. The lowest BCUT2D eigenvalue weighted by molar-refractivity contribution is 0.0939. The van der Waals surface area contributed by atoms with Gasteiger partial charge in [0.25, 0.3) is 5.91 Å². The molecule has 0 aliphatic carbocycles. The number of amides is 1. The van der Waals surface area contributed by atoms with Gasteiger partial charge in [-0.1, -0.05) is 0 Å². The van der Waals surface area contributed by atoms with Crippen LogP contribution >= 0.6 is 0 Å². The van der Waals surface area contributed by atoms with Crippen LogP contribution < -0.4 is 15.4 Å². The average molecular weight is 301 g/mol. The van der Waals surface area contributed by atoms with Gasteiger partial charge < -0.3 is 10.6 Å². The van der Waals surface area contributed by atoms with Gasteiger partial charge in [0.2, 0.25) is 10.0 Å². The summed E-state index contributed by atoms with van der Waals surface area (Å²) in [6.45, 7) is 3.47. The number of hydrogen-bond donors (Lipinski definition) is 3. The molecule has 0 radical (unpaired) electrons. The van der Waals surface area contributed by atoms with E-state index in [4.69, 9.17) is 0 Å². The highest BCUT2D eigenvalue weighted by Gasteiger charge is 2.23. The molecule has 0 bridgehead atoms. The lowest BCUT2D eigenvalue weighted by atomic mass is 10.1. The normalized spacial score (nSPS) is 12.0. The Morgan fingerprint density at radius 2 is 1.95 bits per heavy atom. The van der Waals surface area contributed by atoms with Gasteiger partial charge in [-0.2, -0.15) is 0 Å². The Labute approximate surface area is 118 Å². The number of carbonyl (C=O) groups is 1. The summed E-state index contributed by atoms with van der Waals surface area (Å²) in [6.07, 6.45) is 3.85. The smallest absolute Gasteiger partial charge is 0.271 e. The Morgan fingerprint density at radius 3 is 2.40 bits per heavy atom. The highest BCUT2D eigenvalue weighted by Crippen LogP contribution is 2.03. The average Bonchev–Trinajstić information content (AvgIpc) is 2.33. The molecule has 3 N–H and O–H groups in total. The molecule has 0 aliphatic rings. The maximum Gasteiger partial charge on any atom is 0.271 e. The third-order valence-corrected chi connectivity index (χ3v) is 3.22. The lowest BCUT2D eigenvalue weighted by Crippen LogP contribution is -2.51. The molecule has 0 unspecified atom stereocenters. The molecule has 0 atom stereocenters. The molecule has 0 saturated heterocycles. The first-order valence-electron chi connectivity index (χ1n) is 5.90. The summed E-state index contributed by atoms with van der Waals surface area (Å²) in [7, 11) is -1.64. The fourth-order valence-electron chi connectivity index (χ4n) is 1.50. The molecule has 1 aromatic rings. The molecule has 112 valence electrons. The van der Waals surface area contributed by atoms with Crippen molar-refractivity contribution in [1.82, 2.24) is 20.0 Å². The van der Waals surface area contributed by atoms with Crippen LogP contribution in [0.5, 0.6) is 0 Å². The number of nitrogens with one attached hydrogen (secondary N) is 3. The zero-order valence-corrected chi connectivity index (χ0v) is 12.7. The number of sulfonamides is 1. The molecule has 0 spiro atoms. The Balaban J connectivity index is 2.62. The summed E-state index contributed by atoms with van der Waals surface area (Å²) >= 11 is 0. The predicted molar refractivity (Wildman–Crippen MR) is 76.0 cm³/mol. The fourth-order valence-corrected chi connectivity index (χ4v) is 2.58. The standard InChI is InChI=1S/C11H19N5O3S/c1-11(2,16-20(4,18)19)7-15-10(17)8-5-14-9(12-3)6-13-8/h5-6,16H,7H2,1-4H3,(H,12,14)(H,15,17). The van der Waals surface area contributed by atoms with E-state index < -0.39 is 21.5 Å².